The number of aromatic nitrogens is 2. The lowest BCUT2D eigenvalue weighted by molar-refractivity contribution is -0.118. The average Bonchev–Trinajstić information content (AvgIpc) is 2.61. The maximum atomic E-state index is 12.1. The minimum atomic E-state index is -0.220. The van der Waals surface area contributed by atoms with Crippen molar-refractivity contribution in [3.8, 4) is 5.75 Å². The fourth-order valence-corrected chi connectivity index (χ4v) is 2.44. The van der Waals surface area contributed by atoms with Crippen molar-refractivity contribution in [2.45, 2.75) is 20.5 Å². The molecule has 0 atom stereocenters. The molecule has 0 unspecified atom stereocenters. The number of pyridine rings is 1. The molecule has 7 heteroatoms. The number of rotatable bonds is 5. The molecule has 0 fully saturated rings. The van der Waals surface area contributed by atoms with Crippen molar-refractivity contribution in [3.63, 3.8) is 0 Å². The molecule has 2 aromatic heterocycles. The Bertz CT molecular complexity index is 997. The molecule has 2 heterocycles. The van der Waals surface area contributed by atoms with Crippen LogP contribution in [-0.2, 0) is 11.4 Å². The minimum absolute atomic E-state index is 0.0420. The lowest BCUT2D eigenvalue weighted by Gasteiger charge is -2.10. The third kappa shape index (κ3) is 4.21. The Hall–Kier alpha value is -2.86. The van der Waals surface area contributed by atoms with Crippen LogP contribution in [0, 0.1) is 5.92 Å². The number of nitrogens with one attached hydrogen (secondary N) is 1. The molecule has 0 aliphatic carbocycles. The maximum Gasteiger partial charge on any atom is 0.258 e. The van der Waals surface area contributed by atoms with Gasteiger partial charge in [0.05, 0.1) is 10.7 Å². The van der Waals surface area contributed by atoms with Gasteiger partial charge in [-0.15, -0.1) is 0 Å². The van der Waals surface area contributed by atoms with E-state index < -0.39 is 0 Å². The molecule has 3 rings (SSSR count). The van der Waals surface area contributed by atoms with Crippen molar-refractivity contribution in [3.05, 3.63) is 69.7 Å². The zero-order chi connectivity index (χ0) is 18.7. The summed E-state index contributed by atoms with van der Waals surface area (Å²) in [6, 6.07) is 11.8. The lowest BCUT2D eigenvalue weighted by atomic mass is 10.2. The second-order valence-corrected chi connectivity index (χ2v) is 6.55. The molecule has 0 bridgehead atoms. The quantitative estimate of drug-likeness (QED) is 0.744. The zero-order valence-corrected chi connectivity index (χ0v) is 15.2. The molecule has 1 amide bonds. The van der Waals surface area contributed by atoms with Gasteiger partial charge in [0.25, 0.3) is 5.56 Å². The van der Waals surface area contributed by atoms with Crippen molar-refractivity contribution in [1.29, 1.82) is 0 Å². The lowest BCUT2D eigenvalue weighted by Crippen LogP contribution is -2.17. The summed E-state index contributed by atoms with van der Waals surface area (Å²) in [6.45, 7) is 3.83. The summed E-state index contributed by atoms with van der Waals surface area (Å²) in [6.07, 6.45) is 1.53. The van der Waals surface area contributed by atoms with E-state index in [1.165, 1.54) is 16.7 Å². The Morgan fingerprint density at radius 3 is 2.65 bits per heavy atom. The second-order valence-electron chi connectivity index (χ2n) is 6.12. The summed E-state index contributed by atoms with van der Waals surface area (Å²) in [5, 5.41) is 3.28. The predicted molar refractivity (Wildman–Crippen MR) is 101 cm³/mol. The molecular weight excluding hydrogens is 354 g/mol. The molecule has 0 aliphatic heterocycles. The average molecular weight is 372 g/mol. The van der Waals surface area contributed by atoms with E-state index in [-0.39, 0.29) is 24.0 Å². The van der Waals surface area contributed by atoms with E-state index in [4.69, 9.17) is 16.3 Å². The molecule has 26 heavy (non-hydrogen) atoms. The zero-order valence-electron chi connectivity index (χ0n) is 14.4. The number of ether oxygens (including phenoxy) is 1. The van der Waals surface area contributed by atoms with Crippen molar-refractivity contribution in [2.24, 2.45) is 5.92 Å². The van der Waals surface area contributed by atoms with Gasteiger partial charge in [0.1, 0.15) is 18.0 Å². The molecule has 134 valence electrons. The van der Waals surface area contributed by atoms with Crippen molar-refractivity contribution < 1.29 is 9.53 Å². The first-order valence-electron chi connectivity index (χ1n) is 8.14. The Balaban J connectivity index is 1.69. The summed E-state index contributed by atoms with van der Waals surface area (Å²) in [5.41, 5.74) is 1.51. The molecule has 0 radical (unpaired) electrons. The van der Waals surface area contributed by atoms with Crippen LogP contribution in [0.1, 0.15) is 19.5 Å². The van der Waals surface area contributed by atoms with Gasteiger partial charge in [-0.1, -0.05) is 25.4 Å². The highest BCUT2D eigenvalue weighted by atomic mass is 35.5. The molecule has 0 saturated heterocycles. The van der Waals surface area contributed by atoms with Gasteiger partial charge in [-0.2, -0.15) is 0 Å². The molecule has 0 saturated carbocycles. The van der Waals surface area contributed by atoms with Gasteiger partial charge in [-0.25, -0.2) is 4.98 Å². The number of hydrogen-bond donors (Lipinski definition) is 1. The Kier molecular flexibility index (Phi) is 5.23. The summed E-state index contributed by atoms with van der Waals surface area (Å²) in [5.74, 6) is 0.490. The second kappa shape index (κ2) is 7.58. The first kappa shape index (κ1) is 17.9. The topological polar surface area (TPSA) is 72.7 Å². The van der Waals surface area contributed by atoms with E-state index in [1.807, 2.05) is 13.8 Å². The van der Waals surface area contributed by atoms with Crippen LogP contribution in [0.15, 0.2) is 53.5 Å². The summed E-state index contributed by atoms with van der Waals surface area (Å²) < 4.78 is 7.06. The highest BCUT2D eigenvalue weighted by Gasteiger charge is 2.07. The van der Waals surface area contributed by atoms with Crippen molar-refractivity contribution >= 4 is 28.8 Å². The SMILES string of the molecule is CC(C)C(=O)Nc1ccc(OCc2cc(=O)n3cc(Cl)ccc3n2)cc1. The van der Waals surface area contributed by atoms with Gasteiger partial charge in [0.15, 0.2) is 0 Å². The van der Waals surface area contributed by atoms with E-state index in [2.05, 4.69) is 10.3 Å². The van der Waals surface area contributed by atoms with Crippen molar-refractivity contribution in [2.75, 3.05) is 5.32 Å². The molecular formula is C19H18ClN3O3. The Labute approximate surface area is 155 Å². The minimum Gasteiger partial charge on any atom is -0.487 e. The normalized spacial score (nSPS) is 10.9. The Morgan fingerprint density at radius 2 is 1.96 bits per heavy atom. The number of benzene rings is 1. The van der Waals surface area contributed by atoms with E-state index >= 15 is 0 Å². The van der Waals surface area contributed by atoms with Crippen LogP contribution in [0.5, 0.6) is 5.75 Å². The van der Waals surface area contributed by atoms with Crippen LogP contribution in [0.3, 0.4) is 0 Å². The molecule has 1 N–H and O–H groups in total. The third-order valence-electron chi connectivity index (χ3n) is 3.71. The third-order valence-corrected chi connectivity index (χ3v) is 3.93. The number of amides is 1. The van der Waals surface area contributed by atoms with E-state index in [9.17, 15) is 9.59 Å². The van der Waals surface area contributed by atoms with Crippen LogP contribution in [0.2, 0.25) is 5.02 Å². The number of carbonyl (C=O) groups is 1. The van der Waals surface area contributed by atoms with Gasteiger partial charge in [-0.05, 0) is 36.4 Å². The van der Waals surface area contributed by atoms with E-state index in [0.29, 0.717) is 27.8 Å². The number of hydrogen-bond acceptors (Lipinski definition) is 4. The number of nitrogens with zero attached hydrogens (tertiary/aromatic N) is 2. The molecule has 1 aromatic carbocycles. The van der Waals surface area contributed by atoms with Gasteiger partial charge < -0.3 is 10.1 Å². The number of halogens is 1. The van der Waals surface area contributed by atoms with E-state index in [1.54, 1.807) is 36.4 Å². The van der Waals surface area contributed by atoms with Crippen molar-refractivity contribution in [1.82, 2.24) is 9.38 Å². The molecule has 0 aliphatic rings. The smallest absolute Gasteiger partial charge is 0.258 e. The largest absolute Gasteiger partial charge is 0.487 e. The van der Waals surface area contributed by atoms with Gasteiger partial charge in [-0.3, -0.25) is 14.0 Å². The first-order chi connectivity index (χ1) is 12.4. The Morgan fingerprint density at radius 1 is 1.23 bits per heavy atom. The summed E-state index contributed by atoms with van der Waals surface area (Å²) >= 11 is 5.89. The van der Waals surface area contributed by atoms with Crippen LogP contribution in [0.25, 0.3) is 5.65 Å². The standard InChI is InChI=1S/C19H18ClN3O3/c1-12(2)19(25)22-14-4-6-16(7-5-14)26-11-15-9-18(24)23-10-13(20)3-8-17(23)21-15/h3-10,12H,11H2,1-2H3,(H,22,25). The van der Waals surface area contributed by atoms with Gasteiger partial charge in [0.2, 0.25) is 5.91 Å². The predicted octanol–water partition coefficient (Wildman–Crippen LogP) is 3.52. The maximum absolute atomic E-state index is 12.1. The molecule has 6 nitrogen and oxygen atoms in total. The van der Waals surface area contributed by atoms with Crippen LogP contribution < -0.4 is 15.6 Å². The fourth-order valence-electron chi connectivity index (χ4n) is 2.28. The van der Waals surface area contributed by atoms with Crippen LogP contribution in [0.4, 0.5) is 5.69 Å². The number of carbonyl (C=O) groups excluding carboxylic acids is 1. The van der Waals surface area contributed by atoms with Crippen LogP contribution >= 0.6 is 11.6 Å². The monoisotopic (exact) mass is 371 g/mol. The first-order valence-corrected chi connectivity index (χ1v) is 8.52. The number of anilines is 1. The van der Waals surface area contributed by atoms with E-state index in [0.717, 1.165) is 0 Å². The van der Waals surface area contributed by atoms with Gasteiger partial charge in [0, 0.05) is 23.9 Å². The summed E-state index contributed by atoms with van der Waals surface area (Å²) in [7, 11) is 0. The number of fused-ring (bicyclic) bond motifs is 1. The highest BCUT2D eigenvalue weighted by Crippen LogP contribution is 2.17. The highest BCUT2D eigenvalue weighted by molar-refractivity contribution is 6.30. The molecule has 3 aromatic rings. The fraction of sp³-hybridized carbons (Fsp3) is 0.211. The van der Waals surface area contributed by atoms with Crippen LogP contribution in [-0.4, -0.2) is 15.3 Å². The summed E-state index contributed by atoms with van der Waals surface area (Å²) in [4.78, 5) is 28.2. The molecule has 0 spiro atoms. The van der Waals surface area contributed by atoms with Gasteiger partial charge >= 0.3 is 0 Å².